The summed E-state index contributed by atoms with van der Waals surface area (Å²) < 4.78 is 0. The Bertz CT molecular complexity index is 1080. The van der Waals surface area contributed by atoms with Crippen LogP contribution in [0.4, 0.5) is 0 Å². The van der Waals surface area contributed by atoms with Crippen molar-refractivity contribution in [2.75, 3.05) is 6.61 Å². The lowest BCUT2D eigenvalue weighted by molar-refractivity contribution is 0.141. The average Bonchev–Trinajstić information content (AvgIpc) is 2.73. The van der Waals surface area contributed by atoms with Crippen molar-refractivity contribution in [1.82, 2.24) is 19.9 Å². The summed E-state index contributed by atoms with van der Waals surface area (Å²) in [6.07, 6.45) is 4.72. The summed E-state index contributed by atoms with van der Waals surface area (Å²) in [5.41, 5.74) is 7.96. The van der Waals surface area contributed by atoms with E-state index in [2.05, 4.69) is 32.2 Å². The SMILES string of the molecule is Cc1cccc(-c2nc(C)cc(CCCO/N=C3\CCCc4ccc(C)nc43)n2)n1. The van der Waals surface area contributed by atoms with Crippen LogP contribution < -0.4 is 0 Å². The summed E-state index contributed by atoms with van der Waals surface area (Å²) in [5.74, 6) is 0.676. The van der Waals surface area contributed by atoms with Gasteiger partial charge in [0.1, 0.15) is 18.0 Å². The predicted octanol–water partition coefficient (Wildman–Crippen LogP) is 4.55. The maximum atomic E-state index is 5.64. The highest BCUT2D eigenvalue weighted by atomic mass is 16.6. The normalized spacial score (nSPS) is 14.6. The van der Waals surface area contributed by atoms with Gasteiger partial charge in [0, 0.05) is 22.8 Å². The van der Waals surface area contributed by atoms with Gasteiger partial charge in [0.05, 0.1) is 5.69 Å². The molecule has 0 aliphatic heterocycles. The fraction of sp³-hybridized carbons (Fsp3) is 0.375. The van der Waals surface area contributed by atoms with Crippen molar-refractivity contribution in [1.29, 1.82) is 0 Å². The fourth-order valence-corrected chi connectivity index (χ4v) is 3.68. The first-order valence-corrected chi connectivity index (χ1v) is 10.5. The Morgan fingerprint density at radius 1 is 0.900 bits per heavy atom. The summed E-state index contributed by atoms with van der Waals surface area (Å²) in [7, 11) is 0. The van der Waals surface area contributed by atoms with E-state index in [9.17, 15) is 0 Å². The van der Waals surface area contributed by atoms with E-state index in [0.29, 0.717) is 12.4 Å². The summed E-state index contributed by atoms with van der Waals surface area (Å²) in [4.78, 5) is 24.1. The second-order valence-corrected chi connectivity index (χ2v) is 7.78. The van der Waals surface area contributed by atoms with E-state index in [4.69, 9.17) is 9.82 Å². The molecule has 3 heterocycles. The van der Waals surface area contributed by atoms with Gasteiger partial charge < -0.3 is 4.84 Å². The third kappa shape index (κ3) is 4.87. The molecule has 30 heavy (non-hydrogen) atoms. The van der Waals surface area contributed by atoms with Crippen LogP contribution in [-0.4, -0.2) is 32.3 Å². The van der Waals surface area contributed by atoms with Gasteiger partial charge in [-0.05, 0) is 82.7 Å². The van der Waals surface area contributed by atoms with Gasteiger partial charge in [-0.25, -0.2) is 15.0 Å². The van der Waals surface area contributed by atoms with Crippen molar-refractivity contribution >= 4 is 5.71 Å². The topological polar surface area (TPSA) is 73.2 Å². The number of rotatable bonds is 6. The third-order valence-electron chi connectivity index (χ3n) is 5.12. The number of fused-ring (bicyclic) bond motifs is 1. The zero-order chi connectivity index (χ0) is 20.9. The minimum atomic E-state index is 0.547. The van der Waals surface area contributed by atoms with Crippen LogP contribution >= 0.6 is 0 Å². The molecule has 6 heteroatoms. The molecule has 0 spiro atoms. The molecule has 0 unspecified atom stereocenters. The van der Waals surface area contributed by atoms with E-state index in [-0.39, 0.29) is 0 Å². The monoisotopic (exact) mass is 401 g/mol. The Balaban J connectivity index is 1.37. The van der Waals surface area contributed by atoms with Crippen LogP contribution in [-0.2, 0) is 17.7 Å². The van der Waals surface area contributed by atoms with Gasteiger partial charge in [-0.2, -0.15) is 0 Å². The van der Waals surface area contributed by atoms with Crippen molar-refractivity contribution < 1.29 is 4.84 Å². The fourth-order valence-electron chi connectivity index (χ4n) is 3.68. The number of pyridine rings is 2. The van der Waals surface area contributed by atoms with E-state index in [0.717, 1.165) is 72.0 Å². The van der Waals surface area contributed by atoms with Gasteiger partial charge in [0.25, 0.3) is 0 Å². The predicted molar refractivity (Wildman–Crippen MR) is 117 cm³/mol. The van der Waals surface area contributed by atoms with Crippen LogP contribution in [0.5, 0.6) is 0 Å². The zero-order valence-electron chi connectivity index (χ0n) is 17.9. The molecule has 0 aromatic carbocycles. The molecule has 1 aliphatic rings. The van der Waals surface area contributed by atoms with E-state index in [1.54, 1.807) is 0 Å². The molecule has 0 saturated heterocycles. The van der Waals surface area contributed by atoms with Crippen LogP contribution in [0.2, 0.25) is 0 Å². The first kappa shape index (κ1) is 20.1. The van der Waals surface area contributed by atoms with E-state index < -0.39 is 0 Å². The number of oxime groups is 1. The number of nitrogens with zero attached hydrogens (tertiary/aromatic N) is 5. The maximum absolute atomic E-state index is 5.64. The lowest BCUT2D eigenvalue weighted by atomic mass is 9.94. The molecule has 0 atom stereocenters. The minimum absolute atomic E-state index is 0.547. The summed E-state index contributed by atoms with van der Waals surface area (Å²) in [6, 6.07) is 12.1. The minimum Gasteiger partial charge on any atom is -0.396 e. The highest BCUT2D eigenvalue weighted by molar-refractivity contribution is 6.00. The molecule has 3 aromatic heterocycles. The average molecular weight is 402 g/mol. The van der Waals surface area contributed by atoms with Crippen LogP contribution in [0.15, 0.2) is 41.6 Å². The van der Waals surface area contributed by atoms with Crippen LogP contribution in [0.25, 0.3) is 11.5 Å². The van der Waals surface area contributed by atoms with Gasteiger partial charge in [-0.1, -0.05) is 17.3 Å². The zero-order valence-corrected chi connectivity index (χ0v) is 17.9. The second kappa shape index (κ2) is 9.11. The molecule has 0 bridgehead atoms. The number of aryl methyl sites for hydroxylation is 5. The van der Waals surface area contributed by atoms with Crippen molar-refractivity contribution in [3.63, 3.8) is 0 Å². The quantitative estimate of drug-likeness (QED) is 0.448. The molecule has 0 fully saturated rings. The largest absolute Gasteiger partial charge is 0.396 e. The second-order valence-electron chi connectivity index (χ2n) is 7.78. The Kier molecular flexibility index (Phi) is 6.12. The van der Waals surface area contributed by atoms with E-state index in [1.165, 1.54) is 5.56 Å². The molecule has 0 amide bonds. The molecular weight excluding hydrogens is 374 g/mol. The van der Waals surface area contributed by atoms with Gasteiger partial charge in [0.2, 0.25) is 0 Å². The van der Waals surface area contributed by atoms with Crippen LogP contribution in [0.3, 0.4) is 0 Å². The molecule has 4 rings (SSSR count). The number of hydrogen-bond donors (Lipinski definition) is 0. The van der Waals surface area contributed by atoms with Crippen LogP contribution in [0, 0.1) is 20.8 Å². The maximum Gasteiger partial charge on any atom is 0.178 e. The molecule has 0 saturated carbocycles. The number of hydrogen-bond acceptors (Lipinski definition) is 6. The van der Waals surface area contributed by atoms with Crippen molar-refractivity contribution in [3.8, 4) is 11.5 Å². The Labute approximate surface area is 177 Å². The van der Waals surface area contributed by atoms with Crippen molar-refractivity contribution in [2.24, 2.45) is 5.16 Å². The Morgan fingerprint density at radius 2 is 1.77 bits per heavy atom. The molecule has 0 radical (unpaired) electrons. The lowest BCUT2D eigenvalue weighted by Gasteiger charge is -2.16. The van der Waals surface area contributed by atoms with Crippen molar-refractivity contribution in [2.45, 2.75) is 52.9 Å². The first-order valence-electron chi connectivity index (χ1n) is 10.5. The van der Waals surface area contributed by atoms with Gasteiger partial charge in [0.15, 0.2) is 5.82 Å². The van der Waals surface area contributed by atoms with E-state index in [1.807, 2.05) is 45.0 Å². The molecule has 154 valence electrons. The molecule has 1 aliphatic carbocycles. The van der Waals surface area contributed by atoms with E-state index >= 15 is 0 Å². The summed E-state index contributed by atoms with van der Waals surface area (Å²) >= 11 is 0. The molecule has 6 nitrogen and oxygen atoms in total. The van der Waals surface area contributed by atoms with Gasteiger partial charge in [-0.3, -0.25) is 4.98 Å². The van der Waals surface area contributed by atoms with Gasteiger partial charge >= 0.3 is 0 Å². The van der Waals surface area contributed by atoms with Crippen molar-refractivity contribution in [3.05, 3.63) is 70.4 Å². The van der Waals surface area contributed by atoms with Crippen LogP contribution in [0.1, 0.15) is 53.3 Å². The first-order chi connectivity index (χ1) is 14.6. The third-order valence-corrected chi connectivity index (χ3v) is 5.12. The molecule has 0 N–H and O–H groups in total. The Hall–Kier alpha value is -3.15. The smallest absolute Gasteiger partial charge is 0.178 e. The molecular formula is C24H27N5O. The lowest BCUT2D eigenvalue weighted by Crippen LogP contribution is -2.15. The number of aromatic nitrogens is 4. The summed E-state index contributed by atoms with van der Waals surface area (Å²) in [5, 5.41) is 4.40. The molecule has 3 aromatic rings. The highest BCUT2D eigenvalue weighted by Crippen LogP contribution is 2.21. The highest BCUT2D eigenvalue weighted by Gasteiger charge is 2.17. The van der Waals surface area contributed by atoms with Gasteiger partial charge in [-0.15, -0.1) is 0 Å². The standard InChI is InChI=1S/C24H27N5O/c1-16-7-4-11-22(25-16)24-27-18(3)15-20(28-24)9-6-14-30-29-21-10-5-8-19-13-12-17(2)26-23(19)21/h4,7,11-13,15H,5-6,8-10,14H2,1-3H3/b29-21+. The summed E-state index contributed by atoms with van der Waals surface area (Å²) in [6.45, 7) is 6.52. The Morgan fingerprint density at radius 3 is 2.63 bits per heavy atom.